The molecule has 2 heterocycles. The molecule has 1 fully saturated rings. The van der Waals surface area contributed by atoms with Crippen LogP contribution < -0.4 is 10.9 Å². The number of hydrogen-bond acceptors (Lipinski definition) is 3. The fraction of sp³-hybridized carbons (Fsp3) is 0.579. The summed E-state index contributed by atoms with van der Waals surface area (Å²) < 4.78 is 31.7. The minimum atomic E-state index is -2.80. The van der Waals surface area contributed by atoms with Crippen molar-refractivity contribution in [1.82, 2.24) is 14.9 Å². The van der Waals surface area contributed by atoms with Gasteiger partial charge >= 0.3 is 0 Å². The number of rotatable bonds is 5. The zero-order valence-corrected chi connectivity index (χ0v) is 16.7. The molecule has 3 rings (SSSR count). The number of nitrogens with zero attached hydrogens (tertiary/aromatic N) is 2. The molecule has 4 nitrogen and oxygen atoms in total. The molecule has 0 radical (unpaired) electrons. The third kappa shape index (κ3) is 3.56. The minimum absolute atomic E-state index is 0.160. The number of piperidine rings is 1. The maximum Gasteiger partial charge on any atom is 0.263 e. The van der Waals surface area contributed by atoms with E-state index in [1.165, 1.54) is 0 Å². The first kappa shape index (κ1) is 19.4. The van der Waals surface area contributed by atoms with Crippen molar-refractivity contribution in [3.05, 3.63) is 38.9 Å². The second-order valence-electron chi connectivity index (χ2n) is 6.91. The van der Waals surface area contributed by atoms with Crippen LogP contribution >= 0.6 is 15.9 Å². The molecule has 26 heavy (non-hydrogen) atoms. The molecule has 0 unspecified atom stereocenters. The Morgan fingerprint density at radius 2 is 2.19 bits per heavy atom. The van der Waals surface area contributed by atoms with Gasteiger partial charge in [0.05, 0.1) is 17.4 Å². The van der Waals surface area contributed by atoms with Crippen LogP contribution in [-0.4, -0.2) is 28.6 Å². The second-order valence-corrected chi connectivity index (χ2v) is 7.82. The molecule has 0 aliphatic carbocycles. The van der Waals surface area contributed by atoms with Crippen molar-refractivity contribution in [1.29, 1.82) is 0 Å². The third-order valence-corrected chi connectivity index (χ3v) is 5.71. The molecule has 0 bridgehead atoms. The third-order valence-electron chi connectivity index (χ3n) is 5.21. The first-order valence-electron chi connectivity index (χ1n) is 9.17. The summed E-state index contributed by atoms with van der Waals surface area (Å²) in [7, 11) is 0. The highest BCUT2D eigenvalue weighted by atomic mass is 79.9. The molecule has 2 aromatic rings. The Balaban J connectivity index is 2.19. The molecule has 142 valence electrons. The van der Waals surface area contributed by atoms with Gasteiger partial charge in [-0.1, -0.05) is 29.3 Å². The van der Waals surface area contributed by atoms with Crippen molar-refractivity contribution >= 4 is 26.8 Å². The van der Waals surface area contributed by atoms with Crippen LogP contribution in [0.25, 0.3) is 10.9 Å². The first-order chi connectivity index (χ1) is 12.4. The van der Waals surface area contributed by atoms with E-state index in [0.717, 1.165) is 10.9 Å². The molecular weight excluding hydrogens is 404 g/mol. The van der Waals surface area contributed by atoms with Crippen LogP contribution in [0.2, 0.25) is 0 Å². The molecule has 0 amide bonds. The normalized spacial score (nSPS) is 21.0. The number of nitrogens with one attached hydrogen (secondary N) is 1. The molecule has 1 aromatic carbocycles. The monoisotopic (exact) mass is 427 g/mol. The summed E-state index contributed by atoms with van der Waals surface area (Å²) in [5.74, 6) is -3.54. The van der Waals surface area contributed by atoms with E-state index in [2.05, 4.69) is 21.2 Å². The largest absolute Gasteiger partial charge is 0.311 e. The Morgan fingerprint density at radius 1 is 1.42 bits per heavy atom. The van der Waals surface area contributed by atoms with Gasteiger partial charge in [-0.2, -0.15) is 0 Å². The van der Waals surface area contributed by atoms with Gasteiger partial charge in [-0.25, -0.2) is 13.8 Å². The van der Waals surface area contributed by atoms with Gasteiger partial charge in [0.25, 0.3) is 11.5 Å². The van der Waals surface area contributed by atoms with Gasteiger partial charge in [-0.15, -0.1) is 0 Å². The van der Waals surface area contributed by atoms with Crippen molar-refractivity contribution in [2.75, 3.05) is 13.1 Å². The minimum Gasteiger partial charge on any atom is -0.311 e. The highest BCUT2D eigenvalue weighted by molar-refractivity contribution is 9.10. The summed E-state index contributed by atoms with van der Waals surface area (Å²) in [6.07, 6.45) is 1.74. The molecular formula is C19H24BrF2N3O. The van der Waals surface area contributed by atoms with Crippen molar-refractivity contribution in [3.8, 4) is 0 Å². The summed E-state index contributed by atoms with van der Waals surface area (Å²) in [5.41, 5.74) is 0.406. The number of hydrogen-bond donors (Lipinski definition) is 1. The summed E-state index contributed by atoms with van der Waals surface area (Å²) in [5, 5.41) is 3.30. The van der Waals surface area contributed by atoms with Crippen molar-refractivity contribution in [2.24, 2.45) is 5.92 Å². The van der Waals surface area contributed by atoms with E-state index >= 15 is 0 Å². The topological polar surface area (TPSA) is 46.9 Å². The SMILES string of the molecule is CCC[C@H](c1nc2ccc(Br)cc2c(=O)n1CC)[C@H]1CCNCC1(F)F. The Hall–Kier alpha value is -1.34. The zero-order chi connectivity index (χ0) is 18.9. The van der Waals surface area contributed by atoms with Crippen molar-refractivity contribution in [2.45, 2.75) is 51.5 Å². The van der Waals surface area contributed by atoms with Gasteiger partial charge < -0.3 is 5.32 Å². The van der Waals surface area contributed by atoms with Gasteiger partial charge in [0.1, 0.15) is 5.82 Å². The van der Waals surface area contributed by atoms with E-state index in [4.69, 9.17) is 4.98 Å². The van der Waals surface area contributed by atoms with E-state index in [1.807, 2.05) is 19.9 Å². The maximum absolute atomic E-state index is 14.6. The molecule has 7 heteroatoms. The lowest BCUT2D eigenvalue weighted by Crippen LogP contribution is -2.49. The van der Waals surface area contributed by atoms with Crippen LogP contribution in [0.1, 0.15) is 44.9 Å². The average molecular weight is 428 g/mol. The molecule has 2 atom stereocenters. The molecule has 1 aliphatic rings. The second kappa shape index (κ2) is 7.72. The summed E-state index contributed by atoms with van der Waals surface area (Å²) in [6, 6.07) is 5.34. The lowest BCUT2D eigenvalue weighted by molar-refractivity contribution is -0.0853. The number of alkyl halides is 2. The summed E-state index contributed by atoms with van der Waals surface area (Å²) >= 11 is 3.38. The predicted octanol–water partition coefficient (Wildman–Crippen LogP) is 4.31. The molecule has 1 aromatic heterocycles. The Labute approximate surface area is 160 Å². The Kier molecular flexibility index (Phi) is 5.77. The number of fused-ring (bicyclic) bond motifs is 1. The quantitative estimate of drug-likeness (QED) is 0.773. The maximum atomic E-state index is 14.6. The Bertz CT molecular complexity index is 853. The van der Waals surface area contributed by atoms with Gasteiger partial charge in [-0.3, -0.25) is 9.36 Å². The van der Waals surface area contributed by atoms with Crippen LogP contribution in [0.4, 0.5) is 8.78 Å². The summed E-state index contributed by atoms with van der Waals surface area (Å²) in [4.78, 5) is 17.7. The molecule has 0 spiro atoms. The highest BCUT2D eigenvalue weighted by Gasteiger charge is 2.47. The molecule has 0 saturated carbocycles. The predicted molar refractivity (Wildman–Crippen MR) is 103 cm³/mol. The number of aromatic nitrogens is 2. The van der Waals surface area contributed by atoms with Crippen LogP contribution in [0, 0.1) is 5.92 Å². The fourth-order valence-electron chi connectivity index (χ4n) is 3.97. The van der Waals surface area contributed by atoms with Crippen LogP contribution in [0.15, 0.2) is 27.5 Å². The van der Waals surface area contributed by atoms with E-state index in [1.54, 1.807) is 16.7 Å². The van der Waals surface area contributed by atoms with E-state index in [0.29, 0.717) is 42.7 Å². The van der Waals surface area contributed by atoms with Gasteiger partial charge in [-0.05, 0) is 44.5 Å². The van der Waals surface area contributed by atoms with Crippen LogP contribution in [-0.2, 0) is 6.54 Å². The first-order valence-corrected chi connectivity index (χ1v) is 9.96. The number of benzene rings is 1. The summed E-state index contributed by atoms with van der Waals surface area (Å²) in [6.45, 7) is 4.52. The van der Waals surface area contributed by atoms with Crippen LogP contribution in [0.5, 0.6) is 0 Å². The van der Waals surface area contributed by atoms with Crippen molar-refractivity contribution in [3.63, 3.8) is 0 Å². The molecule has 1 N–H and O–H groups in total. The molecule has 1 saturated heterocycles. The average Bonchev–Trinajstić information content (AvgIpc) is 2.60. The number of halogens is 3. The van der Waals surface area contributed by atoms with Crippen molar-refractivity contribution < 1.29 is 8.78 Å². The van der Waals surface area contributed by atoms with Gasteiger partial charge in [0.15, 0.2) is 0 Å². The smallest absolute Gasteiger partial charge is 0.263 e. The van der Waals surface area contributed by atoms with Gasteiger partial charge in [0, 0.05) is 22.9 Å². The Morgan fingerprint density at radius 3 is 2.85 bits per heavy atom. The fourth-order valence-corrected chi connectivity index (χ4v) is 4.33. The van der Waals surface area contributed by atoms with Gasteiger partial charge in [0.2, 0.25) is 0 Å². The van der Waals surface area contributed by atoms with Crippen LogP contribution in [0.3, 0.4) is 0 Å². The van der Waals surface area contributed by atoms with E-state index in [9.17, 15) is 13.6 Å². The lowest BCUT2D eigenvalue weighted by atomic mass is 9.79. The molecule has 1 aliphatic heterocycles. The highest BCUT2D eigenvalue weighted by Crippen LogP contribution is 2.42. The lowest BCUT2D eigenvalue weighted by Gasteiger charge is -2.37. The van der Waals surface area contributed by atoms with E-state index < -0.39 is 17.8 Å². The zero-order valence-electron chi connectivity index (χ0n) is 15.1. The van der Waals surface area contributed by atoms with E-state index in [-0.39, 0.29) is 12.1 Å². The standard InChI is InChI=1S/C19H24BrF2N3O/c1-3-5-13(15-8-9-23-11-19(15,21)22)17-24-16-7-6-12(20)10-14(16)18(26)25(17)4-2/h6-7,10,13,15,23H,3-5,8-9,11H2,1-2H3/t13-,15+/m0/s1.